The molecular weight excluding hydrogens is 277 g/mol. The lowest BCUT2D eigenvalue weighted by Gasteiger charge is -2.21. The summed E-state index contributed by atoms with van der Waals surface area (Å²) in [6.45, 7) is 4.02. The molecule has 0 saturated heterocycles. The molecule has 0 aliphatic carbocycles. The molecule has 4 nitrogen and oxygen atoms in total. The van der Waals surface area contributed by atoms with Crippen LogP contribution >= 0.6 is 11.3 Å². The second-order valence-corrected chi connectivity index (χ2v) is 5.78. The zero-order valence-corrected chi connectivity index (χ0v) is 12.1. The average molecular weight is 293 g/mol. The molecule has 2 aromatic rings. The first kappa shape index (κ1) is 14.5. The molecular formula is C14H16FN3OS. The van der Waals surface area contributed by atoms with Crippen molar-refractivity contribution >= 4 is 23.1 Å². The summed E-state index contributed by atoms with van der Waals surface area (Å²) in [5.41, 5.74) is 5.69. The zero-order chi connectivity index (χ0) is 14.7. The smallest absolute Gasteiger partial charge is 0.255 e. The summed E-state index contributed by atoms with van der Waals surface area (Å²) in [7, 11) is 0. The molecule has 0 aliphatic rings. The summed E-state index contributed by atoms with van der Waals surface area (Å²) in [6.07, 6.45) is 0.991. The van der Waals surface area contributed by atoms with Crippen LogP contribution in [-0.4, -0.2) is 10.9 Å². The van der Waals surface area contributed by atoms with Gasteiger partial charge in [-0.05, 0) is 23.4 Å². The number of nitrogens with zero attached hydrogens (tertiary/aromatic N) is 1. The summed E-state index contributed by atoms with van der Waals surface area (Å²) in [5.74, 6) is -0.763. The predicted octanol–water partition coefficient (Wildman–Crippen LogP) is 2.99. The van der Waals surface area contributed by atoms with Crippen molar-refractivity contribution in [2.75, 3.05) is 5.73 Å². The first-order chi connectivity index (χ1) is 9.49. The maximum Gasteiger partial charge on any atom is 0.255 e. The molecule has 0 spiro atoms. The lowest BCUT2D eigenvalue weighted by molar-refractivity contribution is 0.0926. The van der Waals surface area contributed by atoms with Crippen LogP contribution in [0.25, 0.3) is 0 Å². The van der Waals surface area contributed by atoms with Crippen LogP contribution in [-0.2, 0) is 0 Å². The Morgan fingerprint density at radius 1 is 1.50 bits per heavy atom. The average Bonchev–Trinajstić information content (AvgIpc) is 2.91. The number of rotatable bonds is 4. The fourth-order valence-corrected chi connectivity index (χ4v) is 2.83. The second-order valence-electron chi connectivity index (χ2n) is 4.80. The fraction of sp³-hybridized carbons (Fsp3) is 0.286. The van der Waals surface area contributed by atoms with Crippen molar-refractivity contribution in [3.05, 3.63) is 46.0 Å². The van der Waals surface area contributed by atoms with Gasteiger partial charge in [0.05, 0.1) is 17.8 Å². The van der Waals surface area contributed by atoms with Crippen molar-refractivity contribution in [3.8, 4) is 0 Å². The van der Waals surface area contributed by atoms with Gasteiger partial charge in [0.1, 0.15) is 11.6 Å². The molecule has 106 valence electrons. The van der Waals surface area contributed by atoms with Crippen LogP contribution in [0.15, 0.2) is 29.8 Å². The van der Waals surface area contributed by atoms with E-state index in [1.165, 1.54) is 0 Å². The quantitative estimate of drug-likeness (QED) is 0.910. The van der Waals surface area contributed by atoms with Crippen LogP contribution in [0.1, 0.15) is 35.1 Å². The maximum absolute atomic E-state index is 13.2. The second kappa shape index (κ2) is 6.00. The number of amides is 1. The van der Waals surface area contributed by atoms with Gasteiger partial charge in [-0.25, -0.2) is 9.37 Å². The number of pyridine rings is 1. The number of thiophene rings is 1. The highest BCUT2D eigenvalue weighted by Crippen LogP contribution is 2.26. The summed E-state index contributed by atoms with van der Waals surface area (Å²) in [6, 6.07) is 4.86. The van der Waals surface area contributed by atoms with Gasteiger partial charge in [0, 0.05) is 4.88 Å². The number of nitrogens with two attached hydrogens (primary N) is 1. The van der Waals surface area contributed by atoms with Gasteiger partial charge in [0.25, 0.3) is 5.91 Å². The van der Waals surface area contributed by atoms with Crippen molar-refractivity contribution < 1.29 is 9.18 Å². The Kier molecular flexibility index (Phi) is 4.34. The molecule has 20 heavy (non-hydrogen) atoms. The van der Waals surface area contributed by atoms with Gasteiger partial charge in [0.2, 0.25) is 0 Å². The highest BCUT2D eigenvalue weighted by Gasteiger charge is 2.21. The number of carbonyl (C=O) groups is 1. The molecule has 2 heterocycles. The van der Waals surface area contributed by atoms with Gasteiger partial charge in [-0.2, -0.15) is 0 Å². The van der Waals surface area contributed by atoms with Crippen LogP contribution in [0, 0.1) is 11.7 Å². The summed E-state index contributed by atoms with van der Waals surface area (Å²) >= 11 is 1.57. The highest BCUT2D eigenvalue weighted by molar-refractivity contribution is 7.10. The predicted molar refractivity (Wildman–Crippen MR) is 78.0 cm³/mol. The number of anilines is 1. The maximum atomic E-state index is 13.2. The number of hydrogen-bond acceptors (Lipinski definition) is 4. The van der Waals surface area contributed by atoms with Crippen LogP contribution in [0.2, 0.25) is 0 Å². The Morgan fingerprint density at radius 2 is 2.25 bits per heavy atom. The van der Waals surface area contributed by atoms with Crippen molar-refractivity contribution in [2.24, 2.45) is 5.92 Å². The minimum atomic E-state index is -0.582. The van der Waals surface area contributed by atoms with Crippen LogP contribution in [0.3, 0.4) is 0 Å². The van der Waals surface area contributed by atoms with E-state index in [2.05, 4.69) is 10.3 Å². The van der Waals surface area contributed by atoms with Crippen LogP contribution in [0.4, 0.5) is 10.2 Å². The van der Waals surface area contributed by atoms with E-state index >= 15 is 0 Å². The molecule has 1 atom stereocenters. The first-order valence-corrected chi connectivity index (χ1v) is 7.12. The Balaban J connectivity index is 2.23. The SMILES string of the molecule is CC(C)C(NC(=O)c1cc(F)cnc1N)c1cccs1. The molecule has 0 aromatic carbocycles. The Morgan fingerprint density at radius 3 is 2.85 bits per heavy atom. The fourth-order valence-electron chi connectivity index (χ4n) is 1.89. The van der Waals surface area contributed by atoms with Gasteiger partial charge in [-0.1, -0.05) is 19.9 Å². The zero-order valence-electron chi connectivity index (χ0n) is 11.3. The molecule has 1 unspecified atom stereocenters. The summed E-state index contributed by atoms with van der Waals surface area (Å²) in [4.78, 5) is 16.9. The van der Waals surface area contributed by atoms with E-state index in [-0.39, 0.29) is 23.3 Å². The molecule has 6 heteroatoms. The van der Waals surface area contributed by atoms with Gasteiger partial charge < -0.3 is 11.1 Å². The molecule has 0 saturated carbocycles. The number of nitrogens with one attached hydrogen (secondary N) is 1. The number of carbonyl (C=O) groups excluding carboxylic acids is 1. The standard InChI is InChI=1S/C14H16FN3OS/c1-8(2)12(11-4-3-5-20-11)18-14(19)10-6-9(15)7-17-13(10)16/h3-8,12H,1-2H3,(H2,16,17)(H,18,19). The van der Waals surface area contributed by atoms with Crippen LogP contribution < -0.4 is 11.1 Å². The van der Waals surface area contributed by atoms with Gasteiger partial charge in [-0.15, -0.1) is 11.3 Å². The van der Waals surface area contributed by atoms with Crippen molar-refractivity contribution in [1.29, 1.82) is 0 Å². The summed E-state index contributed by atoms with van der Waals surface area (Å²) in [5, 5.41) is 4.84. The van der Waals surface area contributed by atoms with Crippen molar-refractivity contribution in [1.82, 2.24) is 10.3 Å². The largest absolute Gasteiger partial charge is 0.383 e. The Bertz CT molecular complexity index is 598. The number of aromatic nitrogens is 1. The van der Waals surface area contributed by atoms with E-state index in [1.807, 2.05) is 31.4 Å². The Labute approximate surface area is 120 Å². The van der Waals surface area contributed by atoms with Gasteiger partial charge in [-0.3, -0.25) is 4.79 Å². The molecule has 0 bridgehead atoms. The third-order valence-corrected chi connectivity index (χ3v) is 3.89. The van der Waals surface area contributed by atoms with Crippen molar-refractivity contribution in [2.45, 2.75) is 19.9 Å². The lowest BCUT2D eigenvalue weighted by atomic mass is 10.0. The number of nitrogen functional groups attached to an aromatic ring is 1. The van der Waals surface area contributed by atoms with Crippen molar-refractivity contribution in [3.63, 3.8) is 0 Å². The molecule has 1 amide bonds. The Hall–Kier alpha value is -1.95. The van der Waals surface area contributed by atoms with E-state index < -0.39 is 11.7 Å². The number of halogens is 1. The third-order valence-electron chi connectivity index (χ3n) is 2.93. The van der Waals surface area contributed by atoms with Gasteiger partial charge in [0.15, 0.2) is 0 Å². The normalized spacial score (nSPS) is 12.4. The molecule has 2 rings (SSSR count). The summed E-state index contributed by atoms with van der Waals surface area (Å²) < 4.78 is 13.2. The van der Waals surface area contributed by atoms with Gasteiger partial charge >= 0.3 is 0 Å². The minimum absolute atomic E-state index is 0.0255. The van der Waals surface area contributed by atoms with E-state index in [9.17, 15) is 9.18 Å². The molecule has 0 radical (unpaired) electrons. The monoisotopic (exact) mass is 293 g/mol. The lowest BCUT2D eigenvalue weighted by Crippen LogP contribution is -2.32. The minimum Gasteiger partial charge on any atom is -0.383 e. The third kappa shape index (κ3) is 3.14. The first-order valence-electron chi connectivity index (χ1n) is 6.24. The molecule has 3 N–H and O–H groups in total. The van der Waals surface area contributed by atoms with E-state index in [1.54, 1.807) is 11.3 Å². The van der Waals surface area contributed by atoms with E-state index in [4.69, 9.17) is 5.73 Å². The molecule has 0 fully saturated rings. The topological polar surface area (TPSA) is 68.0 Å². The highest BCUT2D eigenvalue weighted by atomic mass is 32.1. The van der Waals surface area contributed by atoms with Crippen LogP contribution in [0.5, 0.6) is 0 Å². The van der Waals surface area contributed by atoms with E-state index in [0.29, 0.717) is 0 Å². The molecule has 2 aromatic heterocycles. The number of hydrogen-bond donors (Lipinski definition) is 2. The van der Waals surface area contributed by atoms with E-state index in [0.717, 1.165) is 17.1 Å². The molecule has 0 aliphatic heterocycles.